The second-order valence-electron chi connectivity index (χ2n) is 4.68. The van der Waals surface area contributed by atoms with Crippen molar-refractivity contribution < 1.29 is 13.2 Å². The summed E-state index contributed by atoms with van der Waals surface area (Å²) in [5.74, 6) is 0.0965. The van der Waals surface area contributed by atoms with Crippen molar-refractivity contribution in [3.05, 3.63) is 0 Å². The van der Waals surface area contributed by atoms with Gasteiger partial charge in [-0.1, -0.05) is 6.42 Å². The summed E-state index contributed by atoms with van der Waals surface area (Å²) in [7, 11) is -3.65. The van der Waals surface area contributed by atoms with E-state index >= 15 is 0 Å². The minimum Gasteiger partial charge on any atom is -0.299 e. The van der Waals surface area contributed by atoms with E-state index in [1.54, 1.807) is 0 Å². The summed E-state index contributed by atoms with van der Waals surface area (Å²) in [4.78, 5) is 11.7. The molecular formula is C10H18N2O3S. The zero-order chi connectivity index (χ0) is 11.8. The molecule has 1 aliphatic heterocycles. The predicted octanol–water partition coefficient (Wildman–Crippen LogP) is 0.414. The lowest BCUT2D eigenvalue weighted by Gasteiger charge is -2.36. The lowest BCUT2D eigenvalue weighted by molar-refractivity contribution is -0.122. The van der Waals surface area contributed by atoms with Crippen molar-refractivity contribution in [2.24, 2.45) is 11.1 Å². The quantitative estimate of drug-likeness (QED) is 0.766. The van der Waals surface area contributed by atoms with Crippen LogP contribution in [0, 0.1) is 5.92 Å². The molecule has 0 aromatic heterocycles. The number of carbonyl (C=O) groups is 1. The van der Waals surface area contributed by atoms with E-state index in [0.717, 1.165) is 32.1 Å². The molecule has 0 amide bonds. The van der Waals surface area contributed by atoms with Gasteiger partial charge in [-0.05, 0) is 25.7 Å². The summed E-state index contributed by atoms with van der Waals surface area (Å²) >= 11 is 0. The smallest absolute Gasteiger partial charge is 0.277 e. The summed E-state index contributed by atoms with van der Waals surface area (Å²) in [5.41, 5.74) is 0. The van der Waals surface area contributed by atoms with E-state index in [2.05, 4.69) is 0 Å². The molecule has 1 saturated heterocycles. The standard InChI is InChI=1S/C10H18N2O3S/c11-16(14,15)12-7-2-1-5-9(12)8-4-3-6-10(8)13/h8-9H,1-7H2,(H2,11,14,15). The summed E-state index contributed by atoms with van der Waals surface area (Å²) < 4.78 is 24.2. The van der Waals surface area contributed by atoms with Crippen LogP contribution in [0.3, 0.4) is 0 Å². The van der Waals surface area contributed by atoms with Gasteiger partial charge in [0.1, 0.15) is 5.78 Å². The maximum Gasteiger partial charge on any atom is 0.277 e. The third-order valence-corrected chi connectivity index (χ3v) is 4.75. The molecular weight excluding hydrogens is 228 g/mol. The molecule has 0 bridgehead atoms. The molecule has 2 fully saturated rings. The van der Waals surface area contributed by atoms with Gasteiger partial charge in [0.15, 0.2) is 0 Å². The fourth-order valence-corrected chi connectivity index (χ4v) is 3.91. The molecule has 0 aromatic rings. The predicted molar refractivity (Wildman–Crippen MR) is 59.8 cm³/mol. The number of carbonyl (C=O) groups excluding carboxylic acids is 1. The highest BCUT2D eigenvalue weighted by Gasteiger charge is 2.40. The number of rotatable bonds is 2. The first-order valence-corrected chi connectivity index (χ1v) is 7.33. The molecule has 0 aromatic carbocycles. The molecule has 2 N–H and O–H groups in total. The second kappa shape index (κ2) is 4.43. The van der Waals surface area contributed by atoms with E-state index in [0.29, 0.717) is 13.0 Å². The molecule has 2 aliphatic rings. The molecule has 0 radical (unpaired) electrons. The number of hydrogen-bond donors (Lipinski definition) is 1. The molecule has 6 heteroatoms. The summed E-state index contributed by atoms with van der Waals surface area (Å²) in [5, 5.41) is 5.20. The third-order valence-electron chi connectivity index (χ3n) is 3.64. The van der Waals surface area contributed by atoms with Crippen LogP contribution in [0.1, 0.15) is 38.5 Å². The van der Waals surface area contributed by atoms with Crippen LogP contribution in [0.5, 0.6) is 0 Å². The Balaban J connectivity index is 2.19. The minimum atomic E-state index is -3.65. The largest absolute Gasteiger partial charge is 0.299 e. The van der Waals surface area contributed by atoms with E-state index in [1.165, 1.54) is 4.31 Å². The van der Waals surface area contributed by atoms with Crippen LogP contribution >= 0.6 is 0 Å². The van der Waals surface area contributed by atoms with Gasteiger partial charge in [0.25, 0.3) is 10.2 Å². The van der Waals surface area contributed by atoms with Crippen molar-refractivity contribution in [3.63, 3.8) is 0 Å². The van der Waals surface area contributed by atoms with Crippen LogP contribution < -0.4 is 5.14 Å². The minimum absolute atomic E-state index is 0.112. The molecule has 2 atom stereocenters. The van der Waals surface area contributed by atoms with Crippen molar-refractivity contribution >= 4 is 16.0 Å². The molecule has 92 valence electrons. The van der Waals surface area contributed by atoms with E-state index < -0.39 is 10.2 Å². The number of hydrogen-bond acceptors (Lipinski definition) is 3. The van der Waals surface area contributed by atoms with Crippen LogP contribution in [-0.4, -0.2) is 31.1 Å². The van der Waals surface area contributed by atoms with Gasteiger partial charge in [-0.15, -0.1) is 0 Å². The number of ketones is 1. The summed E-state index contributed by atoms with van der Waals surface area (Å²) in [6.07, 6.45) is 4.90. The van der Waals surface area contributed by atoms with Gasteiger partial charge in [0.05, 0.1) is 0 Å². The third kappa shape index (κ3) is 2.28. The zero-order valence-corrected chi connectivity index (χ0v) is 10.1. The Hall–Kier alpha value is -0.460. The average molecular weight is 246 g/mol. The molecule has 0 spiro atoms. The van der Waals surface area contributed by atoms with Gasteiger partial charge in [-0.3, -0.25) is 4.79 Å². The van der Waals surface area contributed by atoms with Crippen LogP contribution in [0.2, 0.25) is 0 Å². The summed E-state index contributed by atoms with van der Waals surface area (Å²) in [6.45, 7) is 0.466. The van der Waals surface area contributed by atoms with Gasteiger partial charge in [-0.25, -0.2) is 5.14 Å². The van der Waals surface area contributed by atoms with Gasteiger partial charge in [-0.2, -0.15) is 12.7 Å². The Bertz CT molecular complexity index is 380. The Morgan fingerprint density at radius 1 is 1.19 bits per heavy atom. The number of Topliss-reactive ketones (excluding diaryl/α,β-unsaturated/α-hetero) is 1. The van der Waals surface area contributed by atoms with Crippen molar-refractivity contribution in [2.45, 2.75) is 44.6 Å². The molecule has 1 saturated carbocycles. The molecule has 1 heterocycles. The van der Waals surface area contributed by atoms with Gasteiger partial charge >= 0.3 is 0 Å². The lowest BCUT2D eigenvalue weighted by atomic mass is 9.90. The fraction of sp³-hybridized carbons (Fsp3) is 0.900. The second-order valence-corrected chi connectivity index (χ2v) is 6.18. The van der Waals surface area contributed by atoms with Crippen LogP contribution in [0.25, 0.3) is 0 Å². The molecule has 2 unspecified atom stereocenters. The normalized spacial score (nSPS) is 33.2. The first kappa shape index (κ1) is 12.0. The van der Waals surface area contributed by atoms with Gasteiger partial charge in [0.2, 0.25) is 0 Å². The van der Waals surface area contributed by atoms with Crippen molar-refractivity contribution in [1.29, 1.82) is 0 Å². The number of piperidine rings is 1. The van der Waals surface area contributed by atoms with Gasteiger partial charge in [0, 0.05) is 24.9 Å². The monoisotopic (exact) mass is 246 g/mol. The Morgan fingerprint density at radius 3 is 2.50 bits per heavy atom. The van der Waals surface area contributed by atoms with E-state index in [-0.39, 0.29) is 17.7 Å². The lowest BCUT2D eigenvalue weighted by Crippen LogP contribution is -2.50. The first-order chi connectivity index (χ1) is 7.50. The SMILES string of the molecule is NS(=O)(=O)N1CCCCC1C1CCCC1=O. The van der Waals surface area contributed by atoms with Crippen molar-refractivity contribution in [1.82, 2.24) is 4.31 Å². The van der Waals surface area contributed by atoms with E-state index in [9.17, 15) is 13.2 Å². The van der Waals surface area contributed by atoms with E-state index in [1.807, 2.05) is 0 Å². The maximum absolute atomic E-state index is 11.7. The first-order valence-electron chi connectivity index (χ1n) is 5.82. The topological polar surface area (TPSA) is 80.5 Å². The Labute approximate surface area is 96.2 Å². The number of nitrogens with zero attached hydrogens (tertiary/aromatic N) is 1. The highest BCUT2D eigenvalue weighted by molar-refractivity contribution is 7.86. The Kier molecular flexibility index (Phi) is 3.32. The maximum atomic E-state index is 11.7. The van der Waals surface area contributed by atoms with Crippen LogP contribution in [-0.2, 0) is 15.0 Å². The zero-order valence-electron chi connectivity index (χ0n) is 9.26. The fourth-order valence-electron chi connectivity index (χ4n) is 2.90. The molecule has 2 rings (SSSR count). The van der Waals surface area contributed by atoms with Crippen LogP contribution in [0.4, 0.5) is 0 Å². The highest BCUT2D eigenvalue weighted by Crippen LogP contribution is 2.33. The van der Waals surface area contributed by atoms with Crippen molar-refractivity contribution in [3.8, 4) is 0 Å². The number of nitrogens with two attached hydrogens (primary N) is 1. The highest BCUT2D eigenvalue weighted by atomic mass is 32.2. The molecule has 16 heavy (non-hydrogen) atoms. The summed E-state index contributed by atoms with van der Waals surface area (Å²) in [6, 6.07) is -0.182. The van der Waals surface area contributed by atoms with E-state index in [4.69, 9.17) is 5.14 Å². The molecule has 5 nitrogen and oxygen atoms in total. The Morgan fingerprint density at radius 2 is 1.94 bits per heavy atom. The van der Waals surface area contributed by atoms with Crippen LogP contribution in [0.15, 0.2) is 0 Å². The van der Waals surface area contributed by atoms with Gasteiger partial charge < -0.3 is 0 Å². The van der Waals surface area contributed by atoms with Crippen molar-refractivity contribution in [2.75, 3.05) is 6.54 Å². The molecule has 1 aliphatic carbocycles. The average Bonchev–Trinajstić information content (AvgIpc) is 2.63.